The number of aryl methyl sites for hydroxylation is 1. The zero-order valence-corrected chi connectivity index (χ0v) is 9.02. The average molecular weight is 226 g/mol. The van der Waals surface area contributed by atoms with Crippen LogP contribution in [0.15, 0.2) is 4.42 Å². The molecule has 1 aliphatic heterocycles. The molecule has 3 N–H and O–H groups in total. The Hall–Kier alpha value is -1.47. The van der Waals surface area contributed by atoms with E-state index < -0.39 is 5.54 Å². The second-order valence-electron chi connectivity index (χ2n) is 3.85. The van der Waals surface area contributed by atoms with Gasteiger partial charge in [-0.05, 0) is 12.8 Å². The highest BCUT2D eigenvalue weighted by molar-refractivity contribution is 5.96. The molecule has 1 fully saturated rings. The lowest BCUT2D eigenvalue weighted by Gasteiger charge is -2.30. The van der Waals surface area contributed by atoms with Gasteiger partial charge in [0.15, 0.2) is 0 Å². The molecule has 0 bridgehead atoms. The SMILES string of the molecule is Cc1nnc(NC(=O)C2(N)CCOCC2)o1. The number of anilines is 1. The minimum absolute atomic E-state index is 0.0822. The number of nitrogens with zero attached hydrogens (tertiary/aromatic N) is 2. The molecule has 0 atom stereocenters. The van der Waals surface area contributed by atoms with Gasteiger partial charge in [0.2, 0.25) is 11.8 Å². The topological polar surface area (TPSA) is 103 Å². The van der Waals surface area contributed by atoms with Crippen LogP contribution in [-0.4, -0.2) is 34.9 Å². The van der Waals surface area contributed by atoms with Crippen molar-refractivity contribution in [1.82, 2.24) is 10.2 Å². The summed E-state index contributed by atoms with van der Waals surface area (Å²) in [6.07, 6.45) is 0.984. The fourth-order valence-corrected chi connectivity index (χ4v) is 1.53. The van der Waals surface area contributed by atoms with E-state index in [2.05, 4.69) is 15.5 Å². The van der Waals surface area contributed by atoms with Crippen molar-refractivity contribution in [2.75, 3.05) is 18.5 Å². The molecule has 88 valence electrons. The zero-order chi connectivity index (χ0) is 11.6. The molecule has 16 heavy (non-hydrogen) atoms. The first-order chi connectivity index (χ1) is 7.60. The van der Waals surface area contributed by atoms with Crippen molar-refractivity contribution in [3.05, 3.63) is 5.89 Å². The van der Waals surface area contributed by atoms with Gasteiger partial charge < -0.3 is 14.9 Å². The Morgan fingerprint density at radius 1 is 1.44 bits per heavy atom. The average Bonchev–Trinajstić information content (AvgIpc) is 2.65. The minimum Gasteiger partial charge on any atom is -0.408 e. The van der Waals surface area contributed by atoms with Crippen LogP contribution in [-0.2, 0) is 9.53 Å². The number of aromatic nitrogens is 2. The van der Waals surface area contributed by atoms with Crippen LogP contribution >= 0.6 is 0 Å². The molecule has 0 aromatic carbocycles. The van der Waals surface area contributed by atoms with Crippen LogP contribution in [0.5, 0.6) is 0 Å². The second kappa shape index (κ2) is 4.18. The summed E-state index contributed by atoms with van der Waals surface area (Å²) in [6.45, 7) is 2.63. The van der Waals surface area contributed by atoms with Crippen molar-refractivity contribution >= 4 is 11.9 Å². The third kappa shape index (κ3) is 2.20. The highest BCUT2D eigenvalue weighted by atomic mass is 16.5. The summed E-state index contributed by atoms with van der Waals surface area (Å²) < 4.78 is 10.2. The van der Waals surface area contributed by atoms with E-state index in [4.69, 9.17) is 14.9 Å². The molecule has 7 nitrogen and oxygen atoms in total. The number of hydrogen-bond acceptors (Lipinski definition) is 6. The Balaban J connectivity index is 2.01. The molecule has 0 saturated carbocycles. The molecule has 1 amide bonds. The third-order valence-electron chi connectivity index (χ3n) is 2.58. The van der Waals surface area contributed by atoms with Crippen LogP contribution in [0, 0.1) is 6.92 Å². The lowest BCUT2D eigenvalue weighted by Crippen LogP contribution is -2.54. The number of hydrogen-bond donors (Lipinski definition) is 2. The van der Waals surface area contributed by atoms with Gasteiger partial charge in [-0.3, -0.25) is 10.1 Å². The number of carbonyl (C=O) groups is 1. The Labute approximate surface area is 92.3 Å². The molecule has 2 heterocycles. The maximum absolute atomic E-state index is 11.9. The van der Waals surface area contributed by atoms with Crippen molar-refractivity contribution in [3.63, 3.8) is 0 Å². The predicted molar refractivity (Wildman–Crippen MR) is 54.6 cm³/mol. The number of nitrogens with one attached hydrogen (secondary N) is 1. The Bertz CT molecular complexity index is 384. The molecular weight excluding hydrogens is 212 g/mol. The number of ether oxygens (including phenoxy) is 1. The van der Waals surface area contributed by atoms with Crippen molar-refractivity contribution in [3.8, 4) is 0 Å². The van der Waals surface area contributed by atoms with Gasteiger partial charge in [-0.15, -0.1) is 5.10 Å². The Kier molecular flexibility index (Phi) is 2.88. The maximum Gasteiger partial charge on any atom is 0.322 e. The largest absolute Gasteiger partial charge is 0.408 e. The first-order valence-electron chi connectivity index (χ1n) is 5.08. The summed E-state index contributed by atoms with van der Waals surface area (Å²) in [4.78, 5) is 11.9. The fraction of sp³-hybridized carbons (Fsp3) is 0.667. The van der Waals surface area contributed by atoms with Crippen LogP contribution < -0.4 is 11.1 Å². The normalized spacial score (nSPS) is 19.4. The van der Waals surface area contributed by atoms with Crippen molar-refractivity contribution in [2.45, 2.75) is 25.3 Å². The van der Waals surface area contributed by atoms with Gasteiger partial charge in [-0.1, -0.05) is 5.10 Å². The summed E-state index contributed by atoms with van der Waals surface area (Å²) in [5.41, 5.74) is 5.07. The fourth-order valence-electron chi connectivity index (χ4n) is 1.53. The molecular formula is C9H14N4O3. The van der Waals surface area contributed by atoms with Crippen LogP contribution in [0.3, 0.4) is 0 Å². The van der Waals surface area contributed by atoms with Gasteiger partial charge in [0.05, 0.1) is 0 Å². The molecule has 0 aliphatic carbocycles. The van der Waals surface area contributed by atoms with Crippen LogP contribution in [0.4, 0.5) is 6.01 Å². The van der Waals surface area contributed by atoms with Gasteiger partial charge in [0, 0.05) is 20.1 Å². The molecule has 0 radical (unpaired) electrons. The van der Waals surface area contributed by atoms with E-state index >= 15 is 0 Å². The number of nitrogens with two attached hydrogens (primary N) is 1. The molecule has 1 aromatic rings. The number of amides is 1. The highest BCUT2D eigenvalue weighted by Crippen LogP contribution is 2.19. The summed E-state index contributed by atoms with van der Waals surface area (Å²) in [6, 6.07) is 0.0822. The monoisotopic (exact) mass is 226 g/mol. The molecule has 1 aromatic heterocycles. The first-order valence-corrected chi connectivity index (χ1v) is 5.08. The predicted octanol–water partition coefficient (Wildman–Crippen LogP) is -0.176. The smallest absolute Gasteiger partial charge is 0.322 e. The molecule has 0 unspecified atom stereocenters. The summed E-state index contributed by atoms with van der Waals surface area (Å²) in [5, 5.41) is 9.80. The molecule has 0 spiro atoms. The summed E-state index contributed by atoms with van der Waals surface area (Å²) >= 11 is 0. The van der Waals surface area contributed by atoms with E-state index in [9.17, 15) is 4.79 Å². The van der Waals surface area contributed by atoms with Crippen LogP contribution in [0.1, 0.15) is 18.7 Å². The van der Waals surface area contributed by atoms with Gasteiger partial charge in [0.25, 0.3) is 0 Å². The van der Waals surface area contributed by atoms with Crippen molar-refractivity contribution < 1.29 is 13.9 Å². The number of rotatable bonds is 2. The molecule has 2 rings (SSSR count). The van der Waals surface area contributed by atoms with E-state index in [-0.39, 0.29) is 11.9 Å². The Morgan fingerprint density at radius 3 is 2.69 bits per heavy atom. The van der Waals surface area contributed by atoms with E-state index in [1.165, 1.54) is 0 Å². The van der Waals surface area contributed by atoms with Crippen LogP contribution in [0.25, 0.3) is 0 Å². The van der Waals surface area contributed by atoms with Gasteiger partial charge in [0.1, 0.15) is 5.54 Å². The lowest BCUT2D eigenvalue weighted by atomic mass is 9.90. The van der Waals surface area contributed by atoms with Crippen LogP contribution in [0.2, 0.25) is 0 Å². The van der Waals surface area contributed by atoms with Crippen molar-refractivity contribution in [2.24, 2.45) is 5.73 Å². The molecule has 1 saturated heterocycles. The summed E-state index contributed by atoms with van der Waals surface area (Å²) in [5.74, 6) is 0.0906. The highest BCUT2D eigenvalue weighted by Gasteiger charge is 2.36. The van der Waals surface area contributed by atoms with Gasteiger partial charge in [-0.25, -0.2) is 0 Å². The standard InChI is InChI=1S/C9H14N4O3/c1-6-12-13-8(16-6)11-7(14)9(10)2-4-15-5-3-9/h2-5,10H2,1H3,(H,11,13,14). The van der Waals surface area contributed by atoms with Gasteiger partial charge >= 0.3 is 6.01 Å². The molecule has 1 aliphatic rings. The van der Waals surface area contributed by atoms with Gasteiger partial charge in [-0.2, -0.15) is 0 Å². The quantitative estimate of drug-likeness (QED) is 0.725. The maximum atomic E-state index is 11.9. The summed E-state index contributed by atoms with van der Waals surface area (Å²) in [7, 11) is 0. The zero-order valence-electron chi connectivity index (χ0n) is 9.02. The van der Waals surface area contributed by atoms with E-state index in [1.807, 2.05) is 0 Å². The van der Waals surface area contributed by atoms with Crippen molar-refractivity contribution in [1.29, 1.82) is 0 Å². The number of carbonyl (C=O) groups excluding carboxylic acids is 1. The molecule has 7 heteroatoms. The third-order valence-corrected chi connectivity index (χ3v) is 2.58. The van der Waals surface area contributed by atoms with E-state index in [0.29, 0.717) is 31.9 Å². The van der Waals surface area contributed by atoms with E-state index in [1.54, 1.807) is 6.92 Å². The van der Waals surface area contributed by atoms with E-state index in [0.717, 1.165) is 0 Å². The Morgan fingerprint density at radius 2 is 2.12 bits per heavy atom. The first kappa shape index (κ1) is 11.0. The minimum atomic E-state index is -0.902. The lowest BCUT2D eigenvalue weighted by molar-refractivity contribution is -0.124. The second-order valence-corrected chi connectivity index (χ2v) is 3.85.